The average Bonchev–Trinajstić information content (AvgIpc) is 2.41. The van der Waals surface area contributed by atoms with Crippen molar-refractivity contribution in [3.8, 4) is 5.75 Å². The summed E-state index contributed by atoms with van der Waals surface area (Å²) in [4.78, 5) is 12.8. The Hall–Kier alpha value is -1.84. The molecule has 1 fully saturated rings. The van der Waals surface area contributed by atoms with E-state index in [4.69, 9.17) is 4.74 Å². The molecule has 1 amide bonds. The van der Waals surface area contributed by atoms with Gasteiger partial charge >= 0.3 is 0 Å². The van der Waals surface area contributed by atoms with Gasteiger partial charge < -0.3 is 9.64 Å². The van der Waals surface area contributed by atoms with E-state index in [2.05, 4.69) is 6.58 Å². The Labute approximate surface area is 106 Å². The molecule has 1 aliphatic heterocycles. The van der Waals surface area contributed by atoms with Gasteiger partial charge in [0.2, 0.25) is 5.91 Å². The van der Waals surface area contributed by atoms with Crippen LogP contribution in [0.3, 0.4) is 0 Å². The van der Waals surface area contributed by atoms with Crippen LogP contribution < -0.4 is 4.74 Å². The van der Waals surface area contributed by atoms with Crippen LogP contribution in [0, 0.1) is 0 Å². The lowest BCUT2D eigenvalue weighted by Gasteiger charge is -2.34. The zero-order valence-corrected chi connectivity index (χ0v) is 10.1. The number of piperidine rings is 1. The van der Waals surface area contributed by atoms with Gasteiger partial charge in [-0.05, 0) is 18.2 Å². The number of rotatable bonds is 3. The molecule has 3 nitrogen and oxygen atoms in total. The van der Waals surface area contributed by atoms with Gasteiger partial charge in [0.25, 0.3) is 0 Å². The van der Waals surface area contributed by atoms with Gasteiger partial charge in [0.15, 0.2) is 6.17 Å². The molecule has 4 heteroatoms. The number of amides is 1. The molecule has 0 aliphatic carbocycles. The number of nitrogens with zero attached hydrogens (tertiary/aromatic N) is 1. The minimum Gasteiger partial charge on any atom is -0.487 e. The van der Waals surface area contributed by atoms with Crippen molar-refractivity contribution < 1.29 is 13.9 Å². The predicted octanol–water partition coefficient (Wildman–Crippen LogP) is 2.19. The molecule has 0 unspecified atom stereocenters. The lowest BCUT2D eigenvalue weighted by Crippen LogP contribution is -2.48. The first-order valence-electron chi connectivity index (χ1n) is 5.98. The number of likely N-dealkylation sites (tertiary alicyclic amines) is 1. The first-order chi connectivity index (χ1) is 8.70. The number of carbonyl (C=O) groups is 1. The lowest BCUT2D eigenvalue weighted by molar-refractivity contribution is -0.129. The first-order valence-corrected chi connectivity index (χ1v) is 5.98. The summed E-state index contributed by atoms with van der Waals surface area (Å²) in [5.41, 5.74) is 0. The molecule has 2 rings (SSSR count). The van der Waals surface area contributed by atoms with Gasteiger partial charge in [0, 0.05) is 13.0 Å². The smallest absolute Gasteiger partial charge is 0.246 e. The van der Waals surface area contributed by atoms with Crippen molar-refractivity contribution in [2.24, 2.45) is 0 Å². The second-order valence-corrected chi connectivity index (χ2v) is 4.26. The van der Waals surface area contributed by atoms with E-state index in [1.54, 1.807) is 12.1 Å². The lowest BCUT2D eigenvalue weighted by atomic mass is 10.1. The van der Waals surface area contributed by atoms with Crippen LogP contribution in [-0.2, 0) is 4.79 Å². The average molecular weight is 249 g/mol. The summed E-state index contributed by atoms with van der Waals surface area (Å²) in [7, 11) is 0. The van der Waals surface area contributed by atoms with Gasteiger partial charge in [-0.25, -0.2) is 4.39 Å². The number of alkyl halides is 1. The van der Waals surface area contributed by atoms with Crippen LogP contribution in [0.2, 0.25) is 0 Å². The zero-order valence-electron chi connectivity index (χ0n) is 10.1. The molecule has 0 bridgehead atoms. The maximum absolute atomic E-state index is 13.9. The van der Waals surface area contributed by atoms with Crippen molar-refractivity contribution in [1.29, 1.82) is 0 Å². The largest absolute Gasteiger partial charge is 0.487 e. The highest BCUT2D eigenvalue weighted by Gasteiger charge is 2.32. The van der Waals surface area contributed by atoms with E-state index in [0.29, 0.717) is 18.7 Å². The summed E-state index contributed by atoms with van der Waals surface area (Å²) in [5.74, 6) is 0.435. The van der Waals surface area contributed by atoms with Crippen LogP contribution in [0.15, 0.2) is 43.0 Å². The summed E-state index contributed by atoms with van der Waals surface area (Å²) in [6, 6.07) is 9.17. The van der Waals surface area contributed by atoms with E-state index >= 15 is 0 Å². The van der Waals surface area contributed by atoms with E-state index in [0.717, 1.165) is 0 Å². The molecule has 0 saturated carbocycles. The van der Waals surface area contributed by atoms with Gasteiger partial charge in [0.1, 0.15) is 11.9 Å². The number of ether oxygens (including phenoxy) is 1. The quantitative estimate of drug-likeness (QED) is 0.768. The Kier molecular flexibility index (Phi) is 3.97. The van der Waals surface area contributed by atoms with Gasteiger partial charge in [0.05, 0.1) is 6.54 Å². The summed E-state index contributed by atoms with van der Waals surface area (Å²) in [5, 5.41) is 0. The fraction of sp³-hybridized carbons (Fsp3) is 0.357. The van der Waals surface area contributed by atoms with E-state index in [9.17, 15) is 9.18 Å². The molecule has 0 spiro atoms. The van der Waals surface area contributed by atoms with Gasteiger partial charge in [-0.2, -0.15) is 0 Å². The molecular formula is C14H16FNO2. The highest BCUT2D eigenvalue weighted by molar-refractivity contribution is 5.87. The molecule has 0 N–H and O–H groups in total. The first kappa shape index (κ1) is 12.6. The maximum atomic E-state index is 13.9. The van der Waals surface area contributed by atoms with Gasteiger partial charge in [-0.15, -0.1) is 0 Å². The van der Waals surface area contributed by atoms with Crippen LogP contribution in [0.4, 0.5) is 4.39 Å². The number of benzene rings is 1. The van der Waals surface area contributed by atoms with Gasteiger partial charge in [-0.3, -0.25) is 4.79 Å². The number of halogens is 1. The molecule has 1 heterocycles. The Morgan fingerprint density at radius 1 is 1.44 bits per heavy atom. The molecule has 1 aliphatic rings. The van der Waals surface area contributed by atoms with E-state index in [1.807, 2.05) is 18.2 Å². The molecule has 0 radical (unpaired) electrons. The third-order valence-corrected chi connectivity index (χ3v) is 3.00. The Bertz CT molecular complexity index is 421. The second kappa shape index (κ2) is 5.67. The molecule has 0 aromatic heterocycles. The van der Waals surface area contributed by atoms with E-state index in [1.165, 1.54) is 11.0 Å². The number of para-hydroxylation sites is 1. The SMILES string of the molecule is C=CC(=O)N1CC[C@@H](Oc2ccccc2)[C@H](F)C1. The van der Waals surface area contributed by atoms with Crippen molar-refractivity contribution in [3.63, 3.8) is 0 Å². The van der Waals surface area contributed by atoms with Crippen LogP contribution in [0.5, 0.6) is 5.75 Å². The molecule has 1 aromatic carbocycles. The second-order valence-electron chi connectivity index (χ2n) is 4.26. The predicted molar refractivity (Wildman–Crippen MR) is 67.1 cm³/mol. The van der Waals surface area contributed by atoms with Crippen LogP contribution in [-0.4, -0.2) is 36.2 Å². The van der Waals surface area contributed by atoms with Crippen LogP contribution in [0.25, 0.3) is 0 Å². The summed E-state index contributed by atoms with van der Waals surface area (Å²) in [6.45, 7) is 3.98. The Balaban J connectivity index is 1.94. The van der Waals surface area contributed by atoms with Gasteiger partial charge in [-0.1, -0.05) is 24.8 Å². The number of carbonyl (C=O) groups excluding carboxylic acids is 1. The van der Waals surface area contributed by atoms with Crippen LogP contribution in [0.1, 0.15) is 6.42 Å². The third-order valence-electron chi connectivity index (χ3n) is 3.00. The van der Waals surface area contributed by atoms with Crippen molar-refractivity contribution in [2.75, 3.05) is 13.1 Å². The monoisotopic (exact) mass is 249 g/mol. The summed E-state index contributed by atoms with van der Waals surface area (Å²) >= 11 is 0. The standard InChI is InChI=1S/C14H16FNO2/c1-2-14(17)16-9-8-13(12(15)10-16)18-11-6-4-3-5-7-11/h2-7,12-13H,1,8-10H2/t12-,13-/m1/s1. The molecule has 96 valence electrons. The van der Waals surface area contributed by atoms with Crippen molar-refractivity contribution >= 4 is 5.91 Å². The highest BCUT2D eigenvalue weighted by atomic mass is 19.1. The minimum absolute atomic E-state index is 0.0718. The summed E-state index contributed by atoms with van der Waals surface area (Å²) < 4.78 is 19.5. The topological polar surface area (TPSA) is 29.5 Å². The highest BCUT2D eigenvalue weighted by Crippen LogP contribution is 2.21. The van der Waals surface area contributed by atoms with Crippen molar-refractivity contribution in [1.82, 2.24) is 4.90 Å². The Morgan fingerprint density at radius 2 is 2.17 bits per heavy atom. The maximum Gasteiger partial charge on any atom is 0.246 e. The van der Waals surface area contributed by atoms with Crippen molar-refractivity contribution in [3.05, 3.63) is 43.0 Å². The summed E-state index contributed by atoms with van der Waals surface area (Å²) in [6.07, 6.45) is 0.0601. The third kappa shape index (κ3) is 2.88. The molecule has 1 saturated heterocycles. The van der Waals surface area contributed by atoms with E-state index < -0.39 is 12.3 Å². The normalized spacial score (nSPS) is 23.5. The molecule has 1 aromatic rings. The number of hydrogen-bond donors (Lipinski definition) is 0. The van der Waals surface area contributed by atoms with Crippen molar-refractivity contribution in [2.45, 2.75) is 18.7 Å². The van der Waals surface area contributed by atoms with E-state index in [-0.39, 0.29) is 12.5 Å². The molecule has 2 atom stereocenters. The fourth-order valence-corrected chi connectivity index (χ4v) is 2.02. The zero-order chi connectivity index (χ0) is 13.0. The molecule has 18 heavy (non-hydrogen) atoms. The minimum atomic E-state index is -1.16. The fourth-order valence-electron chi connectivity index (χ4n) is 2.02. The molecular weight excluding hydrogens is 233 g/mol. The Morgan fingerprint density at radius 3 is 2.78 bits per heavy atom. The van der Waals surface area contributed by atoms with Crippen LogP contribution >= 0.6 is 0 Å². The number of hydrogen-bond acceptors (Lipinski definition) is 2.